The van der Waals surface area contributed by atoms with Crippen LogP contribution < -0.4 is 20.5 Å². The van der Waals surface area contributed by atoms with Crippen LogP contribution in [0.5, 0.6) is 11.5 Å². The minimum Gasteiger partial charge on any atom is -0.493 e. The second kappa shape index (κ2) is 7.44. The zero-order valence-electron chi connectivity index (χ0n) is 12.7. The second-order valence-corrected chi connectivity index (χ2v) is 5.58. The molecular formula is C16H16Cl2N2O3. The molecule has 1 amide bonds. The molecule has 23 heavy (non-hydrogen) atoms. The number of benzene rings is 2. The van der Waals surface area contributed by atoms with Gasteiger partial charge in [0.25, 0.3) is 0 Å². The van der Waals surface area contributed by atoms with Crippen LogP contribution in [0.1, 0.15) is 5.56 Å². The number of hydrogen-bond acceptors (Lipinski definition) is 4. The van der Waals surface area contributed by atoms with E-state index in [1.54, 1.807) is 44.6 Å². The monoisotopic (exact) mass is 354 g/mol. The summed E-state index contributed by atoms with van der Waals surface area (Å²) in [5, 5.41) is 3.31. The second-order valence-electron chi connectivity index (χ2n) is 4.77. The number of methoxy groups -OCH3 is 2. The van der Waals surface area contributed by atoms with Gasteiger partial charge >= 0.3 is 0 Å². The normalized spacial score (nSPS) is 10.3. The molecule has 2 aromatic rings. The van der Waals surface area contributed by atoms with Gasteiger partial charge in [0, 0.05) is 5.69 Å². The first-order valence-electron chi connectivity index (χ1n) is 6.70. The van der Waals surface area contributed by atoms with Gasteiger partial charge in [-0.15, -0.1) is 0 Å². The van der Waals surface area contributed by atoms with E-state index in [0.717, 1.165) is 5.56 Å². The Balaban J connectivity index is 2.11. The van der Waals surface area contributed by atoms with E-state index in [1.165, 1.54) is 0 Å². The standard InChI is InChI=1S/C16H16Cl2N2O3/c1-22-13-4-3-9(5-14(13)23-2)6-15(21)20-10-7-11(17)16(19)12(18)8-10/h3-5,7-8H,6,19H2,1-2H3,(H,20,21). The fourth-order valence-corrected chi connectivity index (χ4v) is 2.52. The van der Waals surface area contributed by atoms with Gasteiger partial charge in [0.05, 0.1) is 36.4 Å². The van der Waals surface area contributed by atoms with E-state index in [4.69, 9.17) is 38.4 Å². The zero-order chi connectivity index (χ0) is 17.0. The Kier molecular flexibility index (Phi) is 5.58. The van der Waals surface area contributed by atoms with Gasteiger partial charge in [0.15, 0.2) is 11.5 Å². The smallest absolute Gasteiger partial charge is 0.228 e. The molecular weight excluding hydrogens is 339 g/mol. The topological polar surface area (TPSA) is 73.6 Å². The van der Waals surface area contributed by atoms with Crippen molar-refractivity contribution in [3.05, 3.63) is 45.9 Å². The van der Waals surface area contributed by atoms with Gasteiger partial charge in [0.1, 0.15) is 0 Å². The van der Waals surface area contributed by atoms with Crippen LogP contribution in [0.15, 0.2) is 30.3 Å². The minimum atomic E-state index is -0.214. The lowest BCUT2D eigenvalue weighted by Crippen LogP contribution is -2.14. The van der Waals surface area contributed by atoms with Gasteiger partial charge in [-0.3, -0.25) is 4.79 Å². The van der Waals surface area contributed by atoms with Gasteiger partial charge < -0.3 is 20.5 Å². The summed E-state index contributed by atoms with van der Waals surface area (Å²) < 4.78 is 10.4. The van der Waals surface area contributed by atoms with Crippen molar-refractivity contribution in [3.8, 4) is 11.5 Å². The molecule has 0 aromatic heterocycles. The Morgan fingerprint density at radius 2 is 1.70 bits per heavy atom. The Morgan fingerprint density at radius 3 is 2.26 bits per heavy atom. The summed E-state index contributed by atoms with van der Waals surface area (Å²) in [5.41, 5.74) is 7.22. The van der Waals surface area contributed by atoms with Gasteiger partial charge in [-0.25, -0.2) is 0 Å². The molecule has 0 atom stereocenters. The van der Waals surface area contributed by atoms with Gasteiger partial charge in [-0.2, -0.15) is 0 Å². The molecule has 5 nitrogen and oxygen atoms in total. The van der Waals surface area contributed by atoms with Crippen LogP contribution in [-0.4, -0.2) is 20.1 Å². The molecule has 0 fully saturated rings. The van der Waals surface area contributed by atoms with E-state index in [2.05, 4.69) is 5.32 Å². The highest BCUT2D eigenvalue weighted by Crippen LogP contribution is 2.31. The number of carbonyl (C=O) groups is 1. The van der Waals surface area contributed by atoms with Crippen LogP contribution in [0.2, 0.25) is 10.0 Å². The average molecular weight is 355 g/mol. The Labute approximate surface area is 144 Å². The molecule has 0 saturated carbocycles. The van der Waals surface area contributed by atoms with Crippen molar-refractivity contribution in [3.63, 3.8) is 0 Å². The average Bonchev–Trinajstić information content (AvgIpc) is 2.52. The predicted octanol–water partition coefficient (Wildman–Crippen LogP) is 3.77. The summed E-state index contributed by atoms with van der Waals surface area (Å²) in [6.07, 6.45) is 0.167. The number of anilines is 2. The lowest BCUT2D eigenvalue weighted by atomic mass is 10.1. The highest BCUT2D eigenvalue weighted by atomic mass is 35.5. The lowest BCUT2D eigenvalue weighted by Gasteiger charge is -2.11. The van der Waals surface area contributed by atoms with E-state index in [0.29, 0.717) is 27.2 Å². The molecule has 3 N–H and O–H groups in total. The number of nitrogens with two attached hydrogens (primary N) is 1. The third kappa shape index (κ3) is 4.21. The molecule has 0 radical (unpaired) electrons. The fourth-order valence-electron chi connectivity index (χ4n) is 2.04. The van der Waals surface area contributed by atoms with Crippen molar-refractivity contribution >= 4 is 40.5 Å². The maximum absolute atomic E-state index is 12.1. The summed E-state index contributed by atoms with van der Waals surface area (Å²) in [7, 11) is 3.10. The van der Waals surface area contributed by atoms with Crippen LogP contribution in [0.25, 0.3) is 0 Å². The predicted molar refractivity (Wildman–Crippen MR) is 92.8 cm³/mol. The number of ether oxygens (including phenoxy) is 2. The third-order valence-corrected chi connectivity index (χ3v) is 3.80. The first-order chi connectivity index (χ1) is 10.9. The third-order valence-electron chi connectivity index (χ3n) is 3.18. The molecule has 7 heteroatoms. The van der Waals surface area contributed by atoms with Crippen LogP contribution in [0.3, 0.4) is 0 Å². The molecule has 0 heterocycles. The fraction of sp³-hybridized carbons (Fsp3) is 0.188. The molecule has 0 aliphatic rings. The Morgan fingerprint density at radius 1 is 1.09 bits per heavy atom. The summed E-state index contributed by atoms with van der Waals surface area (Å²) in [4.78, 5) is 12.1. The summed E-state index contributed by atoms with van der Waals surface area (Å²) >= 11 is 11.9. The van der Waals surface area contributed by atoms with E-state index in [-0.39, 0.29) is 18.0 Å². The number of carbonyl (C=O) groups excluding carboxylic acids is 1. The molecule has 0 spiro atoms. The molecule has 0 bridgehead atoms. The van der Waals surface area contributed by atoms with Gasteiger partial charge in [0.2, 0.25) is 5.91 Å². The van der Waals surface area contributed by atoms with Crippen molar-refractivity contribution in [2.45, 2.75) is 6.42 Å². The Bertz CT molecular complexity index is 712. The number of nitrogen functional groups attached to an aromatic ring is 1. The lowest BCUT2D eigenvalue weighted by molar-refractivity contribution is -0.115. The van der Waals surface area contributed by atoms with Crippen LogP contribution in [0, 0.1) is 0 Å². The van der Waals surface area contributed by atoms with Crippen LogP contribution in [-0.2, 0) is 11.2 Å². The minimum absolute atomic E-state index is 0.167. The first-order valence-corrected chi connectivity index (χ1v) is 7.45. The van der Waals surface area contributed by atoms with Crippen molar-refractivity contribution < 1.29 is 14.3 Å². The van der Waals surface area contributed by atoms with Crippen LogP contribution >= 0.6 is 23.2 Å². The van der Waals surface area contributed by atoms with Gasteiger partial charge in [-0.1, -0.05) is 29.3 Å². The maximum atomic E-state index is 12.1. The number of rotatable bonds is 5. The molecule has 2 rings (SSSR count). The first kappa shape index (κ1) is 17.2. The molecule has 0 aliphatic heterocycles. The molecule has 0 saturated heterocycles. The van der Waals surface area contributed by atoms with Crippen molar-refractivity contribution in [2.24, 2.45) is 0 Å². The highest BCUT2D eigenvalue weighted by molar-refractivity contribution is 6.39. The van der Waals surface area contributed by atoms with Crippen molar-refractivity contribution in [2.75, 3.05) is 25.3 Å². The molecule has 122 valence electrons. The summed E-state index contributed by atoms with van der Waals surface area (Å²) in [6.45, 7) is 0. The summed E-state index contributed by atoms with van der Waals surface area (Å²) in [6, 6.07) is 8.40. The number of amides is 1. The zero-order valence-corrected chi connectivity index (χ0v) is 14.2. The Hall–Kier alpha value is -2.11. The van der Waals surface area contributed by atoms with Crippen molar-refractivity contribution in [1.82, 2.24) is 0 Å². The van der Waals surface area contributed by atoms with E-state index >= 15 is 0 Å². The van der Waals surface area contributed by atoms with Crippen LogP contribution in [0.4, 0.5) is 11.4 Å². The largest absolute Gasteiger partial charge is 0.493 e. The van der Waals surface area contributed by atoms with Crippen molar-refractivity contribution in [1.29, 1.82) is 0 Å². The van der Waals surface area contributed by atoms with Gasteiger partial charge in [-0.05, 0) is 29.8 Å². The maximum Gasteiger partial charge on any atom is 0.228 e. The molecule has 0 unspecified atom stereocenters. The van der Waals surface area contributed by atoms with E-state index in [9.17, 15) is 4.79 Å². The summed E-state index contributed by atoms with van der Waals surface area (Å²) in [5.74, 6) is 0.958. The highest BCUT2D eigenvalue weighted by Gasteiger charge is 2.10. The van der Waals surface area contributed by atoms with E-state index in [1.807, 2.05) is 0 Å². The number of halogens is 2. The number of hydrogen-bond donors (Lipinski definition) is 2. The number of nitrogens with one attached hydrogen (secondary N) is 1. The quantitative estimate of drug-likeness (QED) is 0.801. The molecule has 0 aliphatic carbocycles. The van der Waals surface area contributed by atoms with E-state index < -0.39 is 0 Å². The SMILES string of the molecule is COc1ccc(CC(=O)Nc2cc(Cl)c(N)c(Cl)c2)cc1OC. The molecule has 2 aromatic carbocycles.